The van der Waals surface area contributed by atoms with Gasteiger partial charge in [0.25, 0.3) is 0 Å². The zero-order valence-electron chi connectivity index (χ0n) is 18.1. The molecule has 0 saturated heterocycles. The number of aliphatic hydroxyl groups is 2. The summed E-state index contributed by atoms with van der Waals surface area (Å²) < 4.78 is 11.5. The molecule has 2 amide bonds. The van der Waals surface area contributed by atoms with Gasteiger partial charge in [0.15, 0.2) is 11.5 Å². The van der Waals surface area contributed by atoms with E-state index in [0.29, 0.717) is 46.9 Å². The van der Waals surface area contributed by atoms with Crippen molar-refractivity contribution in [3.05, 3.63) is 34.9 Å². The maximum atomic E-state index is 13.1. The van der Waals surface area contributed by atoms with Crippen molar-refractivity contribution in [3.8, 4) is 11.5 Å². The smallest absolute Gasteiger partial charge is 0.247 e. The lowest BCUT2D eigenvalue weighted by molar-refractivity contribution is -0.135. The van der Waals surface area contributed by atoms with Gasteiger partial charge in [-0.15, -0.1) is 0 Å². The van der Waals surface area contributed by atoms with Crippen molar-refractivity contribution in [2.24, 2.45) is 5.92 Å². The van der Waals surface area contributed by atoms with Gasteiger partial charge in [0.2, 0.25) is 11.8 Å². The van der Waals surface area contributed by atoms with Gasteiger partial charge in [-0.05, 0) is 37.0 Å². The van der Waals surface area contributed by atoms with Crippen molar-refractivity contribution in [3.63, 3.8) is 0 Å². The number of nitrogens with one attached hydrogen (secondary N) is 1. The second kappa shape index (κ2) is 8.91. The topological polar surface area (TPSA) is 125 Å². The van der Waals surface area contributed by atoms with Crippen LogP contribution in [0.25, 0.3) is 0 Å². The number of ether oxygens (including phenoxy) is 2. The van der Waals surface area contributed by atoms with Crippen LogP contribution in [0.4, 0.5) is 0 Å². The first-order valence-corrected chi connectivity index (χ1v) is 10.8. The van der Waals surface area contributed by atoms with Crippen molar-refractivity contribution in [2.75, 3.05) is 26.8 Å². The largest absolute Gasteiger partial charge is 0.493 e. The van der Waals surface area contributed by atoms with E-state index >= 15 is 0 Å². The molecule has 3 N–H and O–H groups in total. The van der Waals surface area contributed by atoms with Crippen LogP contribution in [-0.2, 0) is 9.59 Å². The fraction of sp³-hybridized carbons (Fsp3) is 0.522. The van der Waals surface area contributed by atoms with Gasteiger partial charge in [0.1, 0.15) is 18.5 Å². The molecular weight excluding hydrogens is 416 g/mol. The van der Waals surface area contributed by atoms with Gasteiger partial charge in [0.05, 0.1) is 25.7 Å². The van der Waals surface area contributed by atoms with Crippen LogP contribution in [0.2, 0.25) is 0 Å². The van der Waals surface area contributed by atoms with Gasteiger partial charge in [-0.2, -0.15) is 0 Å². The van der Waals surface area contributed by atoms with E-state index in [9.17, 15) is 19.5 Å². The highest BCUT2D eigenvalue weighted by Gasteiger charge is 2.51. The highest BCUT2D eigenvalue weighted by Crippen LogP contribution is 2.51. The minimum absolute atomic E-state index is 0.0602. The van der Waals surface area contributed by atoms with Crippen molar-refractivity contribution < 1.29 is 34.1 Å². The molecule has 9 heteroatoms. The van der Waals surface area contributed by atoms with E-state index < -0.39 is 30.1 Å². The lowest BCUT2D eigenvalue weighted by atomic mass is 9.77. The number of aliphatic hydroxyl groups excluding tert-OH is 2. The molecule has 0 bridgehead atoms. The summed E-state index contributed by atoms with van der Waals surface area (Å²) in [5, 5.41) is 23.1. The highest BCUT2D eigenvalue weighted by molar-refractivity contribution is 5.96. The van der Waals surface area contributed by atoms with Crippen LogP contribution in [0.3, 0.4) is 0 Å². The summed E-state index contributed by atoms with van der Waals surface area (Å²) in [5.41, 5.74) is 1.25. The lowest BCUT2D eigenvalue weighted by Crippen LogP contribution is -2.55. The first-order valence-electron chi connectivity index (χ1n) is 10.8. The average molecular weight is 444 g/mol. The van der Waals surface area contributed by atoms with Gasteiger partial charge in [0, 0.05) is 36.7 Å². The summed E-state index contributed by atoms with van der Waals surface area (Å²) in [7, 11) is 1.45. The standard InChI is InChI=1S/C23H28N2O7/c1-12(28)25(10-13-3-4-13)17-9-16(23(30)24-5-6-26)19-15-7-14(11-27)8-18(31-2)21(15)32-22(19)20(17)29/h7-9,11,13,17,19-20,22,26,29H,3-6,10H2,1-2H3,(H,24,30). The molecule has 1 heterocycles. The first kappa shape index (κ1) is 22.3. The Hall–Kier alpha value is -2.91. The quantitative estimate of drug-likeness (QED) is 0.495. The van der Waals surface area contributed by atoms with E-state index in [1.165, 1.54) is 20.1 Å². The third-order valence-corrected chi connectivity index (χ3v) is 6.33. The van der Waals surface area contributed by atoms with E-state index in [1.54, 1.807) is 17.0 Å². The molecular formula is C23H28N2O7. The molecule has 0 radical (unpaired) electrons. The molecule has 4 rings (SSSR count). The van der Waals surface area contributed by atoms with Crippen LogP contribution in [0, 0.1) is 5.92 Å². The SMILES string of the molecule is COc1cc(C=O)cc2c1OC1C2C(C(=O)NCCO)=CC(N(CC2CC2)C(C)=O)C1O. The molecule has 9 nitrogen and oxygen atoms in total. The predicted molar refractivity (Wildman–Crippen MR) is 114 cm³/mol. The van der Waals surface area contributed by atoms with E-state index in [4.69, 9.17) is 14.6 Å². The highest BCUT2D eigenvalue weighted by atomic mass is 16.5. The summed E-state index contributed by atoms with van der Waals surface area (Å²) in [6.45, 7) is 1.79. The number of hydrogen-bond acceptors (Lipinski definition) is 7. The predicted octanol–water partition coefficient (Wildman–Crippen LogP) is 0.389. The summed E-state index contributed by atoms with van der Waals surface area (Å²) in [6.07, 6.45) is 2.43. The molecule has 172 valence electrons. The van der Waals surface area contributed by atoms with Crippen molar-refractivity contribution in [1.82, 2.24) is 10.2 Å². The van der Waals surface area contributed by atoms with Gasteiger partial charge in [-0.1, -0.05) is 0 Å². The number of nitrogens with zero attached hydrogens (tertiary/aromatic N) is 1. The molecule has 4 atom stereocenters. The Balaban J connectivity index is 1.79. The fourth-order valence-corrected chi connectivity index (χ4v) is 4.60. The van der Waals surface area contributed by atoms with Gasteiger partial charge >= 0.3 is 0 Å². The second-order valence-corrected chi connectivity index (χ2v) is 8.52. The monoisotopic (exact) mass is 444 g/mol. The summed E-state index contributed by atoms with van der Waals surface area (Å²) in [5.74, 6) is -0.182. The molecule has 1 fully saturated rings. The zero-order chi connectivity index (χ0) is 23.0. The van der Waals surface area contributed by atoms with Crippen LogP contribution in [0.1, 0.15) is 41.6 Å². The van der Waals surface area contributed by atoms with Crippen molar-refractivity contribution >= 4 is 18.1 Å². The molecule has 0 aromatic heterocycles. The molecule has 3 aliphatic rings. The Kier molecular flexibility index (Phi) is 6.21. The summed E-state index contributed by atoms with van der Waals surface area (Å²) in [6, 6.07) is 2.43. The van der Waals surface area contributed by atoms with E-state index in [0.717, 1.165) is 12.8 Å². The van der Waals surface area contributed by atoms with Gasteiger partial charge in [-0.3, -0.25) is 14.4 Å². The van der Waals surface area contributed by atoms with Crippen molar-refractivity contribution in [2.45, 2.75) is 43.9 Å². The number of methoxy groups -OCH3 is 1. The van der Waals surface area contributed by atoms with Crippen LogP contribution >= 0.6 is 0 Å². The van der Waals surface area contributed by atoms with Crippen LogP contribution < -0.4 is 14.8 Å². The number of benzene rings is 1. The third-order valence-electron chi connectivity index (χ3n) is 6.33. The Morgan fingerprint density at radius 3 is 2.69 bits per heavy atom. The number of carbonyl (C=O) groups excluding carboxylic acids is 3. The summed E-state index contributed by atoms with van der Waals surface area (Å²) in [4.78, 5) is 38.6. The first-order chi connectivity index (χ1) is 15.4. The number of amides is 2. The Morgan fingerprint density at radius 2 is 2.09 bits per heavy atom. The molecule has 1 aromatic rings. The number of carbonyl (C=O) groups is 3. The number of fused-ring (bicyclic) bond motifs is 3. The molecule has 4 unspecified atom stereocenters. The molecule has 32 heavy (non-hydrogen) atoms. The zero-order valence-corrected chi connectivity index (χ0v) is 18.1. The minimum Gasteiger partial charge on any atom is -0.493 e. The molecule has 1 saturated carbocycles. The van der Waals surface area contributed by atoms with Crippen LogP contribution in [0.5, 0.6) is 11.5 Å². The van der Waals surface area contributed by atoms with Crippen molar-refractivity contribution in [1.29, 1.82) is 0 Å². The van der Waals surface area contributed by atoms with E-state index in [1.807, 2.05) is 0 Å². The fourth-order valence-electron chi connectivity index (χ4n) is 4.60. The van der Waals surface area contributed by atoms with E-state index in [-0.39, 0.29) is 19.1 Å². The maximum absolute atomic E-state index is 13.1. The molecule has 2 aliphatic carbocycles. The minimum atomic E-state index is -1.09. The van der Waals surface area contributed by atoms with Gasteiger partial charge < -0.3 is 29.9 Å². The number of aldehydes is 1. The third kappa shape index (κ3) is 3.98. The summed E-state index contributed by atoms with van der Waals surface area (Å²) >= 11 is 0. The number of rotatable bonds is 8. The lowest BCUT2D eigenvalue weighted by Gasteiger charge is -2.40. The van der Waals surface area contributed by atoms with Gasteiger partial charge in [-0.25, -0.2) is 0 Å². The Bertz CT molecular complexity index is 956. The number of hydrogen-bond donors (Lipinski definition) is 3. The molecule has 1 aliphatic heterocycles. The second-order valence-electron chi connectivity index (χ2n) is 8.52. The van der Waals surface area contributed by atoms with Crippen LogP contribution in [0.15, 0.2) is 23.8 Å². The Morgan fingerprint density at radius 1 is 1.34 bits per heavy atom. The van der Waals surface area contributed by atoms with E-state index in [2.05, 4.69) is 5.32 Å². The molecule has 0 spiro atoms. The average Bonchev–Trinajstić information content (AvgIpc) is 3.53. The maximum Gasteiger partial charge on any atom is 0.247 e. The van der Waals surface area contributed by atoms with Crippen LogP contribution in [-0.4, -0.2) is 78.3 Å². The molecule has 1 aromatic carbocycles. The normalized spacial score (nSPS) is 25.7. The Labute approximate surface area is 186 Å².